The molecule has 0 nitrogen and oxygen atoms in total. The molecular formula is C64H80S8. The summed E-state index contributed by atoms with van der Waals surface area (Å²) in [4.78, 5) is 24.3. The first-order valence-electron chi connectivity index (χ1n) is 28.4. The Balaban J connectivity index is 1.32. The molecule has 8 aromatic heterocycles. The summed E-state index contributed by atoms with van der Waals surface area (Å²) < 4.78 is 0. The first-order valence-corrected chi connectivity index (χ1v) is 34.9. The Hall–Kier alpha value is -2.40. The first-order chi connectivity index (χ1) is 35.4. The molecule has 1 aliphatic rings. The summed E-state index contributed by atoms with van der Waals surface area (Å²) >= 11 is 16.9. The van der Waals surface area contributed by atoms with Gasteiger partial charge in [0.25, 0.3) is 0 Å². The molecule has 8 aromatic rings. The van der Waals surface area contributed by atoms with Gasteiger partial charge in [-0.15, -0.1) is 90.7 Å². The Labute approximate surface area is 467 Å². The maximum absolute atomic E-state index is 2.52. The molecule has 0 fully saturated rings. The Kier molecular flexibility index (Phi) is 19.7. The minimum Gasteiger partial charge on any atom is -0.133 e. The zero-order chi connectivity index (χ0) is 50.1. The van der Waals surface area contributed by atoms with Gasteiger partial charge in [-0.05, 0) is 196 Å². The van der Waals surface area contributed by atoms with Crippen molar-refractivity contribution in [1.82, 2.24) is 0 Å². The molecule has 0 atom stereocenters. The van der Waals surface area contributed by atoms with Gasteiger partial charge >= 0.3 is 0 Å². The van der Waals surface area contributed by atoms with E-state index in [1.165, 1.54) is 193 Å². The summed E-state index contributed by atoms with van der Waals surface area (Å²) in [7, 11) is 0. The van der Waals surface area contributed by atoms with Crippen LogP contribution in [-0.2, 0) is 51.4 Å². The van der Waals surface area contributed by atoms with E-state index in [-0.39, 0.29) is 0 Å². The lowest BCUT2D eigenvalue weighted by Gasteiger charge is -2.09. The molecule has 9 heterocycles. The summed E-state index contributed by atoms with van der Waals surface area (Å²) in [6.45, 7) is 19.0. The van der Waals surface area contributed by atoms with E-state index < -0.39 is 0 Å². The third-order valence-electron chi connectivity index (χ3n) is 14.9. The lowest BCUT2D eigenvalue weighted by molar-refractivity contribution is 0.764. The summed E-state index contributed by atoms with van der Waals surface area (Å²) in [5.41, 5.74) is 13.2. The highest BCUT2D eigenvalue weighted by molar-refractivity contribution is 7.33. The number of hydrogen-bond donors (Lipinski definition) is 0. The van der Waals surface area contributed by atoms with E-state index in [4.69, 9.17) is 0 Å². The van der Waals surface area contributed by atoms with Crippen molar-refractivity contribution in [3.8, 4) is 78.0 Å². The quantitative estimate of drug-likeness (QED) is 0.0566. The van der Waals surface area contributed by atoms with E-state index >= 15 is 0 Å². The molecule has 0 spiro atoms. The van der Waals surface area contributed by atoms with Crippen LogP contribution in [0.15, 0.2) is 48.5 Å². The molecule has 384 valence electrons. The van der Waals surface area contributed by atoms with Gasteiger partial charge in [-0.3, -0.25) is 0 Å². The van der Waals surface area contributed by atoms with Gasteiger partial charge in [0.05, 0.1) is 0 Å². The largest absolute Gasteiger partial charge is 0.133 e. The molecule has 1 aliphatic heterocycles. The van der Waals surface area contributed by atoms with Crippen LogP contribution in [0.5, 0.6) is 0 Å². The van der Waals surface area contributed by atoms with Crippen molar-refractivity contribution in [3.05, 3.63) is 93.0 Å². The summed E-state index contributed by atoms with van der Waals surface area (Å²) in [5.74, 6) is 0. The lowest BCUT2D eigenvalue weighted by Crippen LogP contribution is -1.94. The van der Waals surface area contributed by atoms with Gasteiger partial charge in [-0.25, -0.2) is 0 Å². The van der Waals surface area contributed by atoms with E-state index in [0.717, 1.165) is 0 Å². The predicted octanol–water partition coefficient (Wildman–Crippen LogP) is 24.6. The fraction of sp³-hybridized carbons (Fsp3) is 0.500. The number of rotatable bonds is 24. The van der Waals surface area contributed by atoms with Gasteiger partial charge in [0.15, 0.2) is 0 Å². The Morgan fingerprint density at radius 2 is 0.319 bits per heavy atom. The summed E-state index contributed by atoms with van der Waals surface area (Å²) in [6, 6.07) is 20.2. The fourth-order valence-corrected chi connectivity index (χ4v) is 21.6. The van der Waals surface area contributed by atoms with Crippen LogP contribution in [0.3, 0.4) is 0 Å². The smallest absolute Gasteiger partial charge is 0.0484 e. The molecule has 72 heavy (non-hydrogen) atoms. The number of unbranched alkanes of at least 4 members (excludes halogenated alkanes) is 8. The van der Waals surface area contributed by atoms with Crippen molar-refractivity contribution in [2.24, 2.45) is 0 Å². The molecule has 0 N–H and O–H groups in total. The fourth-order valence-electron chi connectivity index (χ4n) is 10.9. The Morgan fingerprint density at radius 3 is 0.431 bits per heavy atom. The van der Waals surface area contributed by atoms with Gasteiger partial charge in [-0.2, -0.15) is 0 Å². The van der Waals surface area contributed by atoms with Crippen LogP contribution in [-0.4, -0.2) is 0 Å². The third kappa shape index (κ3) is 11.5. The SMILES string of the molecule is CCCCc1c2sc(c1CCCC)-c1ccc(s1)-c1sc(c(CCCC)c1CCCC)-c1ccc(s1)-c1sc(c(CCCC)c1CCCC)-c1ccc(s1)-c1sc(c(CCCC)c1CCCC)-c1ccc-2s1. The zero-order valence-electron chi connectivity index (χ0n) is 44.9. The second-order valence-electron chi connectivity index (χ2n) is 20.4. The molecular weight excluding hydrogens is 1030 g/mol. The second kappa shape index (κ2) is 26.1. The Morgan fingerprint density at radius 1 is 0.194 bits per heavy atom. The van der Waals surface area contributed by atoms with E-state index in [1.807, 2.05) is 0 Å². The van der Waals surface area contributed by atoms with E-state index in [1.54, 1.807) is 83.5 Å². The molecule has 0 aliphatic carbocycles. The van der Waals surface area contributed by atoms with Crippen molar-refractivity contribution in [3.63, 3.8) is 0 Å². The third-order valence-corrected chi connectivity index (χ3v) is 25.8. The topological polar surface area (TPSA) is 0 Å². The van der Waals surface area contributed by atoms with Crippen LogP contribution in [0.1, 0.15) is 203 Å². The second-order valence-corrected chi connectivity index (χ2v) is 28.8. The van der Waals surface area contributed by atoms with E-state index in [9.17, 15) is 0 Å². The zero-order valence-corrected chi connectivity index (χ0v) is 51.4. The van der Waals surface area contributed by atoms with Crippen LogP contribution in [0.4, 0.5) is 0 Å². The average molecular weight is 1110 g/mol. The molecule has 0 aromatic carbocycles. The van der Waals surface area contributed by atoms with E-state index in [2.05, 4.69) is 195 Å². The van der Waals surface area contributed by atoms with Crippen LogP contribution in [0, 0.1) is 0 Å². The highest BCUT2D eigenvalue weighted by Crippen LogP contribution is 2.56. The average Bonchev–Trinajstić information content (AvgIpc) is 4.26. The monoisotopic (exact) mass is 1100 g/mol. The van der Waals surface area contributed by atoms with Gasteiger partial charge in [0.2, 0.25) is 0 Å². The standard InChI is InChI=1S/C64H80S8/c1-9-17-25-41-42(26-18-10-2)58-50-35-36-52(66-50)60-45(29-21-13-5)46(30-22-14-6)62(71-60)54-39-40-56(68-54)64-48(32-24-16-8)47(31-23-15-7)63(72-64)55-38-37-53(67-55)61-44(28-20-12-4)43(27-19-11-3)59(70-61)51-34-33-49(65-51)57(41)69-58/h33-40H,9-32H2,1-8H3. The van der Waals surface area contributed by atoms with Crippen LogP contribution < -0.4 is 0 Å². The Bertz CT molecular complexity index is 2400. The molecule has 8 heteroatoms. The van der Waals surface area contributed by atoms with E-state index in [0.29, 0.717) is 0 Å². The minimum absolute atomic E-state index is 1.17. The molecule has 9 rings (SSSR count). The number of thiophene rings is 8. The molecule has 0 amide bonds. The van der Waals surface area contributed by atoms with Crippen LogP contribution in [0.2, 0.25) is 0 Å². The van der Waals surface area contributed by atoms with Crippen molar-refractivity contribution in [2.45, 2.75) is 209 Å². The first kappa shape index (κ1) is 54.4. The summed E-state index contributed by atoms with van der Waals surface area (Å²) in [5, 5.41) is 0. The van der Waals surface area contributed by atoms with Gasteiger partial charge in [0.1, 0.15) is 0 Å². The van der Waals surface area contributed by atoms with Gasteiger partial charge < -0.3 is 0 Å². The molecule has 0 radical (unpaired) electrons. The maximum Gasteiger partial charge on any atom is 0.0484 e. The highest BCUT2D eigenvalue weighted by Gasteiger charge is 2.29. The van der Waals surface area contributed by atoms with Gasteiger partial charge in [0, 0.05) is 78.0 Å². The van der Waals surface area contributed by atoms with Crippen molar-refractivity contribution in [2.75, 3.05) is 0 Å². The number of hydrogen-bond acceptors (Lipinski definition) is 8. The van der Waals surface area contributed by atoms with Gasteiger partial charge in [-0.1, -0.05) is 107 Å². The van der Waals surface area contributed by atoms with Crippen molar-refractivity contribution < 1.29 is 0 Å². The van der Waals surface area contributed by atoms with Crippen molar-refractivity contribution >= 4 is 90.7 Å². The highest BCUT2D eigenvalue weighted by atomic mass is 32.1. The molecule has 0 saturated heterocycles. The molecule has 0 saturated carbocycles. The van der Waals surface area contributed by atoms with Crippen molar-refractivity contribution in [1.29, 1.82) is 0 Å². The lowest BCUT2D eigenvalue weighted by atomic mass is 9.97. The maximum atomic E-state index is 2.52. The van der Waals surface area contributed by atoms with Crippen LogP contribution in [0.25, 0.3) is 78.0 Å². The minimum atomic E-state index is 1.17. The number of fused-ring (bicyclic) bond motifs is 24. The molecule has 16 bridgehead atoms. The summed E-state index contributed by atoms with van der Waals surface area (Å²) in [6.07, 6.45) is 29.1. The molecule has 0 unspecified atom stereocenters. The predicted molar refractivity (Wildman–Crippen MR) is 335 cm³/mol. The normalized spacial score (nSPS) is 12.1. The van der Waals surface area contributed by atoms with Crippen LogP contribution >= 0.6 is 90.7 Å².